The zero-order valence-corrected chi connectivity index (χ0v) is 27.4. The van der Waals surface area contributed by atoms with E-state index in [1.54, 1.807) is 66.4 Å². The Kier molecular flexibility index (Phi) is 10.6. The Hall–Kier alpha value is -4.04. The molecule has 0 unspecified atom stereocenters. The van der Waals surface area contributed by atoms with Crippen molar-refractivity contribution in [1.29, 1.82) is 5.41 Å². The Morgan fingerprint density at radius 2 is 1.82 bits per heavy atom. The van der Waals surface area contributed by atoms with Crippen LogP contribution in [-0.2, 0) is 37.2 Å². The van der Waals surface area contributed by atoms with E-state index in [1.807, 2.05) is 12.1 Å². The van der Waals surface area contributed by atoms with Crippen LogP contribution in [0.3, 0.4) is 0 Å². The van der Waals surface area contributed by atoms with Gasteiger partial charge in [-0.3, -0.25) is 24.3 Å². The summed E-state index contributed by atoms with van der Waals surface area (Å²) in [4.78, 5) is 32.0. The molecule has 5 rings (SSSR count). The first-order valence-corrected chi connectivity index (χ1v) is 15.5. The lowest BCUT2D eigenvalue weighted by atomic mass is 9.99. The number of amidine groups is 1. The molecule has 10 nitrogen and oxygen atoms in total. The summed E-state index contributed by atoms with van der Waals surface area (Å²) in [6, 6.07) is 20.8. The third kappa shape index (κ3) is 7.02. The molecule has 1 amide bonds. The van der Waals surface area contributed by atoms with Gasteiger partial charge in [-0.05, 0) is 67.6 Å². The summed E-state index contributed by atoms with van der Waals surface area (Å²) in [7, 11) is -4.23. The summed E-state index contributed by atoms with van der Waals surface area (Å²) in [5.74, 6) is -0.721. The predicted molar refractivity (Wildman–Crippen MR) is 181 cm³/mol. The zero-order chi connectivity index (χ0) is 30.6. The highest BCUT2D eigenvalue weighted by Crippen LogP contribution is 2.34. The first-order chi connectivity index (χ1) is 20.7. The van der Waals surface area contributed by atoms with Crippen molar-refractivity contribution >= 4 is 74.0 Å². The number of hydrogen-bond acceptors (Lipinski definition) is 7. The fraction of sp³-hybridized carbons (Fsp3) is 0.250. The predicted octanol–water partition coefficient (Wildman–Crippen LogP) is 4.81. The highest BCUT2D eigenvalue weighted by molar-refractivity contribution is 14.0. The number of aromatic nitrogens is 1. The van der Waals surface area contributed by atoms with Crippen molar-refractivity contribution in [2.75, 3.05) is 28.9 Å². The number of rotatable bonds is 10. The van der Waals surface area contributed by atoms with Crippen LogP contribution in [0, 0.1) is 5.41 Å². The second kappa shape index (κ2) is 14.2. The van der Waals surface area contributed by atoms with Gasteiger partial charge in [0.25, 0.3) is 10.0 Å². The van der Waals surface area contributed by atoms with Crippen molar-refractivity contribution in [3.8, 4) is 0 Å². The zero-order valence-electron chi connectivity index (χ0n) is 24.2. The first kappa shape index (κ1) is 32.9. The van der Waals surface area contributed by atoms with Gasteiger partial charge in [0, 0.05) is 35.8 Å². The molecule has 0 saturated carbocycles. The Balaban J connectivity index is 0.00000442. The number of anilines is 2. The van der Waals surface area contributed by atoms with Gasteiger partial charge < -0.3 is 15.4 Å². The third-order valence-electron chi connectivity index (χ3n) is 7.41. The van der Waals surface area contributed by atoms with Gasteiger partial charge in [-0.25, -0.2) is 8.42 Å². The number of nitrogens with zero attached hydrogens (tertiary/aromatic N) is 3. The van der Waals surface area contributed by atoms with E-state index in [4.69, 9.17) is 15.9 Å². The number of benzene rings is 3. The van der Waals surface area contributed by atoms with E-state index < -0.39 is 22.5 Å². The SMILES string of the molecule is CCOC(=O)CN(c1ccc2c(c1)CCCN2C(=O)CCc1ccc(C(=N)N)cc1)S(=O)(=O)c1cccc2cccnc12.I. The van der Waals surface area contributed by atoms with Gasteiger partial charge in [0.05, 0.1) is 17.8 Å². The fourth-order valence-corrected chi connectivity index (χ4v) is 6.85. The van der Waals surface area contributed by atoms with Gasteiger partial charge >= 0.3 is 5.97 Å². The maximum atomic E-state index is 14.1. The average Bonchev–Trinajstić information content (AvgIpc) is 3.01. The van der Waals surface area contributed by atoms with Gasteiger partial charge in [0.2, 0.25) is 5.91 Å². The van der Waals surface area contributed by atoms with Crippen molar-refractivity contribution in [1.82, 2.24) is 4.98 Å². The molecular formula is C32H34IN5O5S. The van der Waals surface area contributed by atoms with E-state index in [0.29, 0.717) is 48.0 Å². The number of nitrogens with one attached hydrogen (secondary N) is 1. The molecule has 3 aromatic carbocycles. The summed E-state index contributed by atoms with van der Waals surface area (Å²) in [5.41, 5.74) is 9.29. The number of carbonyl (C=O) groups excluding carboxylic acids is 2. The highest BCUT2D eigenvalue weighted by atomic mass is 127. The number of amides is 1. The van der Waals surface area contributed by atoms with Crippen LogP contribution in [0.25, 0.3) is 10.9 Å². The number of fused-ring (bicyclic) bond motifs is 2. The normalized spacial score (nSPS) is 12.6. The van der Waals surface area contributed by atoms with E-state index in [-0.39, 0.29) is 53.6 Å². The molecule has 0 radical (unpaired) electrons. The molecule has 0 fully saturated rings. The van der Waals surface area contributed by atoms with E-state index in [1.165, 1.54) is 12.3 Å². The van der Waals surface area contributed by atoms with Crippen LogP contribution in [0.1, 0.15) is 36.5 Å². The quantitative estimate of drug-likeness (QED) is 0.103. The Morgan fingerprint density at radius 3 is 2.55 bits per heavy atom. The van der Waals surface area contributed by atoms with E-state index in [0.717, 1.165) is 21.1 Å². The molecule has 44 heavy (non-hydrogen) atoms. The number of aryl methyl sites for hydroxylation is 2. The molecule has 12 heteroatoms. The smallest absolute Gasteiger partial charge is 0.326 e. The van der Waals surface area contributed by atoms with E-state index in [2.05, 4.69) is 4.98 Å². The second-order valence-electron chi connectivity index (χ2n) is 10.2. The first-order valence-electron chi connectivity index (χ1n) is 14.1. The van der Waals surface area contributed by atoms with Crippen LogP contribution < -0.4 is 14.9 Å². The molecule has 0 aliphatic carbocycles. The van der Waals surface area contributed by atoms with Crippen LogP contribution >= 0.6 is 24.0 Å². The van der Waals surface area contributed by atoms with Crippen molar-refractivity contribution in [3.05, 3.63) is 95.7 Å². The second-order valence-corrected chi connectivity index (χ2v) is 12.1. The lowest BCUT2D eigenvalue weighted by Crippen LogP contribution is -2.38. The third-order valence-corrected chi connectivity index (χ3v) is 9.21. The largest absolute Gasteiger partial charge is 0.465 e. The molecule has 1 aromatic heterocycles. The summed E-state index contributed by atoms with van der Waals surface area (Å²) < 4.78 is 34.4. The molecule has 0 saturated heterocycles. The molecule has 3 N–H and O–H groups in total. The molecule has 1 aliphatic rings. The number of carbonyl (C=O) groups is 2. The van der Waals surface area contributed by atoms with Crippen molar-refractivity contribution in [2.45, 2.75) is 37.5 Å². The summed E-state index contributed by atoms with van der Waals surface area (Å²) >= 11 is 0. The number of hydrogen-bond donors (Lipinski definition) is 2. The number of halogens is 1. The van der Waals surface area contributed by atoms with Gasteiger partial charge in [-0.15, -0.1) is 24.0 Å². The standard InChI is InChI=1S/C32H33N5O5S.HI/c1-2-42-30(39)21-37(43(40,41)28-9-3-6-23-7-4-18-35-31(23)28)26-15-16-27-25(20-26)8-5-19-36(27)29(38)17-12-22-10-13-24(14-11-22)32(33)34;/h3-4,6-7,9-11,13-16,18,20H,2,5,8,12,17,19,21H2,1H3,(H3,33,34);1H. The molecular weight excluding hydrogens is 693 g/mol. The number of pyridine rings is 1. The fourth-order valence-electron chi connectivity index (χ4n) is 5.28. The number of ether oxygens (including phenoxy) is 1. The van der Waals surface area contributed by atoms with Crippen LogP contribution in [0.15, 0.2) is 83.9 Å². The molecule has 2 heterocycles. The minimum atomic E-state index is -4.23. The van der Waals surface area contributed by atoms with Crippen LogP contribution in [0.2, 0.25) is 0 Å². The monoisotopic (exact) mass is 727 g/mol. The molecule has 1 aliphatic heterocycles. The summed E-state index contributed by atoms with van der Waals surface area (Å²) in [6.45, 7) is 1.83. The highest BCUT2D eigenvalue weighted by Gasteiger charge is 2.31. The maximum Gasteiger partial charge on any atom is 0.326 e. The van der Waals surface area contributed by atoms with Gasteiger partial charge in [0.1, 0.15) is 17.3 Å². The molecule has 4 aromatic rings. The van der Waals surface area contributed by atoms with Crippen molar-refractivity contribution < 1.29 is 22.7 Å². The topological polar surface area (TPSA) is 147 Å². The lowest BCUT2D eigenvalue weighted by Gasteiger charge is -2.31. The average molecular weight is 728 g/mol. The van der Waals surface area contributed by atoms with E-state index in [9.17, 15) is 18.0 Å². The Labute approximate surface area is 273 Å². The Morgan fingerprint density at radius 1 is 1.07 bits per heavy atom. The lowest BCUT2D eigenvalue weighted by molar-refractivity contribution is -0.141. The Bertz CT molecular complexity index is 1790. The molecule has 0 spiro atoms. The number of sulfonamides is 1. The van der Waals surface area contributed by atoms with Gasteiger partial charge in [-0.1, -0.05) is 42.5 Å². The van der Waals surface area contributed by atoms with Gasteiger partial charge in [0.15, 0.2) is 0 Å². The maximum absolute atomic E-state index is 14.1. The summed E-state index contributed by atoms with van der Waals surface area (Å²) in [5, 5.41) is 8.20. The summed E-state index contributed by atoms with van der Waals surface area (Å²) in [6.07, 6.45) is 3.72. The van der Waals surface area contributed by atoms with Crippen molar-refractivity contribution in [2.24, 2.45) is 5.73 Å². The minimum absolute atomic E-state index is 0. The minimum Gasteiger partial charge on any atom is -0.465 e. The van der Waals surface area contributed by atoms with E-state index >= 15 is 0 Å². The van der Waals surface area contributed by atoms with Gasteiger partial charge in [-0.2, -0.15) is 0 Å². The molecule has 230 valence electrons. The van der Waals surface area contributed by atoms with Crippen LogP contribution in [-0.4, -0.2) is 50.8 Å². The van der Waals surface area contributed by atoms with Crippen LogP contribution in [0.4, 0.5) is 11.4 Å². The van der Waals surface area contributed by atoms with Crippen molar-refractivity contribution in [3.63, 3.8) is 0 Å². The number of nitrogen functional groups attached to an aromatic ring is 1. The number of para-hydroxylation sites is 1. The molecule has 0 atom stereocenters. The number of nitrogens with two attached hydrogens (primary N) is 1. The van der Waals surface area contributed by atoms with Crippen LogP contribution in [0.5, 0.6) is 0 Å². The number of esters is 1. The molecule has 0 bridgehead atoms.